The normalized spacial score (nSPS) is 13.3. The molecule has 1 unspecified atom stereocenters. The fraction of sp³-hybridized carbons (Fsp3) is 0.464. The second-order valence-electron chi connectivity index (χ2n) is 7.21. The number of thiocarbonyl (C=S) groups is 1. The highest BCUT2D eigenvalue weighted by molar-refractivity contribution is 7.80. The average Bonchev–Trinajstić information content (AvgIpc) is 3.07. The van der Waals surface area contributed by atoms with Crippen LogP contribution in [0.25, 0.3) is 0 Å². The van der Waals surface area contributed by atoms with Crippen molar-refractivity contribution in [1.29, 1.82) is 0 Å². The summed E-state index contributed by atoms with van der Waals surface area (Å²) in [7, 11) is 0. The van der Waals surface area contributed by atoms with Crippen molar-refractivity contribution >= 4 is 46.3 Å². The van der Waals surface area contributed by atoms with Crippen LogP contribution in [-0.4, -0.2) is 28.7 Å². The molecule has 0 bridgehead atoms. The third-order valence-corrected chi connectivity index (χ3v) is 5.08. The first kappa shape index (κ1) is 33.8. The number of nitrogens with one attached hydrogen (secondary N) is 3. The number of anilines is 3. The number of carbonyl (C=O) groups excluding carboxylic acids is 2. The molecule has 1 atom stereocenters. The van der Waals surface area contributed by atoms with Gasteiger partial charge in [0, 0.05) is 17.4 Å². The van der Waals surface area contributed by atoms with Crippen LogP contribution in [-0.2, 0) is 20.7 Å². The number of phenols is 1. The molecule has 1 amide bonds. The Hall–Kier alpha value is -3.20. The number of halogens is 1. The number of fused-ring (bicyclic) bond motifs is 1. The van der Waals surface area contributed by atoms with E-state index in [1.807, 2.05) is 48.5 Å². The Morgan fingerprint density at radius 1 is 1.11 bits per heavy atom. The molecule has 1 heterocycles. The average molecular weight is 536 g/mol. The molecule has 0 saturated carbocycles. The maximum absolute atomic E-state index is 13.0. The number of rotatable bonds is 6. The number of carbonyl (C=O) groups is 2. The zero-order valence-electron chi connectivity index (χ0n) is 23.0. The number of aromatic hydroxyl groups is 1. The van der Waals surface area contributed by atoms with E-state index >= 15 is 0 Å². The van der Waals surface area contributed by atoms with Crippen LogP contribution in [0.5, 0.6) is 5.75 Å². The summed E-state index contributed by atoms with van der Waals surface area (Å²) >= 11 is 5.26. The topological polar surface area (TPSA) is 99.7 Å². The Kier molecular flexibility index (Phi) is 17.3. The number of ether oxygens (including phenoxy) is 1. The van der Waals surface area contributed by atoms with E-state index in [2.05, 4.69) is 16.0 Å². The van der Waals surface area contributed by atoms with Crippen molar-refractivity contribution in [2.75, 3.05) is 22.6 Å². The van der Waals surface area contributed by atoms with Gasteiger partial charge in [-0.3, -0.25) is 9.59 Å². The number of benzene rings is 2. The summed E-state index contributed by atoms with van der Waals surface area (Å²) in [4.78, 5) is 24.8. The minimum atomic E-state index is -0.899. The zero-order chi connectivity index (χ0) is 28.4. The minimum Gasteiger partial charge on any atom is -0.506 e. The molecule has 0 aromatic heterocycles. The molecule has 37 heavy (non-hydrogen) atoms. The van der Waals surface area contributed by atoms with Crippen molar-refractivity contribution < 1.29 is 23.8 Å². The second kappa shape index (κ2) is 19.0. The van der Waals surface area contributed by atoms with Gasteiger partial charge in [-0.15, -0.1) is 0 Å². The van der Waals surface area contributed by atoms with Crippen molar-refractivity contribution in [3.05, 3.63) is 47.8 Å². The third-order valence-electron chi connectivity index (χ3n) is 4.88. The van der Waals surface area contributed by atoms with Crippen LogP contribution in [0.3, 0.4) is 0 Å². The van der Waals surface area contributed by atoms with E-state index in [0.717, 1.165) is 18.4 Å². The first-order valence-corrected chi connectivity index (χ1v) is 13.4. The van der Waals surface area contributed by atoms with E-state index in [4.69, 9.17) is 17.0 Å². The molecule has 2 aromatic carbocycles. The monoisotopic (exact) mass is 535 g/mol. The highest BCUT2D eigenvalue weighted by Gasteiger charge is 2.31. The lowest BCUT2D eigenvalue weighted by molar-refractivity contribution is -0.151. The molecule has 0 spiro atoms. The Morgan fingerprint density at radius 2 is 1.73 bits per heavy atom. The molecule has 0 radical (unpaired) electrons. The van der Waals surface area contributed by atoms with Crippen LogP contribution in [0.15, 0.2) is 36.4 Å². The van der Waals surface area contributed by atoms with E-state index in [-0.39, 0.29) is 16.7 Å². The quantitative estimate of drug-likeness (QED) is 0.102. The Labute approximate surface area is 226 Å². The molecule has 7 nitrogen and oxygen atoms in total. The van der Waals surface area contributed by atoms with E-state index in [1.54, 1.807) is 6.07 Å². The van der Waals surface area contributed by atoms with Crippen LogP contribution in [0.1, 0.15) is 73.3 Å². The fourth-order valence-electron chi connectivity index (χ4n) is 3.17. The number of hydrogen-bond acceptors (Lipinski definition) is 5. The second-order valence-corrected chi connectivity index (χ2v) is 7.62. The van der Waals surface area contributed by atoms with E-state index < -0.39 is 17.8 Å². The lowest BCUT2D eigenvalue weighted by Crippen LogP contribution is -2.30. The molecule has 206 valence electrons. The summed E-state index contributed by atoms with van der Waals surface area (Å²) in [5.41, 5.74) is 2.12. The number of phenolic OH excluding ortho intramolecular Hbond substituents is 1. The summed E-state index contributed by atoms with van der Waals surface area (Å²) in [6, 6.07) is 8.77. The summed E-state index contributed by atoms with van der Waals surface area (Å²) < 4.78 is 18.2. The van der Waals surface area contributed by atoms with Gasteiger partial charge in [-0.25, -0.2) is 4.39 Å². The Balaban J connectivity index is 0.00000201. The van der Waals surface area contributed by atoms with Crippen molar-refractivity contribution in [2.45, 2.75) is 74.1 Å². The van der Waals surface area contributed by atoms with Gasteiger partial charge in [-0.2, -0.15) is 0 Å². The number of esters is 1. The van der Waals surface area contributed by atoms with Crippen molar-refractivity contribution in [2.24, 2.45) is 5.92 Å². The maximum atomic E-state index is 13.0. The van der Waals surface area contributed by atoms with Gasteiger partial charge >= 0.3 is 5.97 Å². The smallest absolute Gasteiger partial charge is 0.318 e. The highest BCUT2D eigenvalue weighted by atomic mass is 32.1. The van der Waals surface area contributed by atoms with Gasteiger partial charge < -0.3 is 25.8 Å². The summed E-state index contributed by atoms with van der Waals surface area (Å²) in [5.74, 6) is -2.36. The Bertz CT molecular complexity index is 984. The van der Waals surface area contributed by atoms with Gasteiger partial charge in [-0.05, 0) is 67.4 Å². The zero-order valence-corrected chi connectivity index (χ0v) is 23.9. The maximum Gasteiger partial charge on any atom is 0.318 e. The molecule has 1 aliphatic heterocycles. The lowest BCUT2D eigenvalue weighted by atomic mass is 10.00. The van der Waals surface area contributed by atoms with Crippen molar-refractivity contribution in [1.82, 2.24) is 0 Å². The number of amides is 1. The number of hydrogen-bond donors (Lipinski definition) is 4. The molecule has 3 rings (SSSR count). The summed E-state index contributed by atoms with van der Waals surface area (Å²) in [6.45, 7) is 14.3. The van der Waals surface area contributed by atoms with Gasteiger partial charge in [0.2, 0.25) is 5.91 Å². The van der Waals surface area contributed by atoms with Crippen molar-refractivity contribution in [3.8, 4) is 5.75 Å². The van der Waals surface area contributed by atoms with Crippen LogP contribution in [0, 0.1) is 11.7 Å². The van der Waals surface area contributed by atoms with Crippen LogP contribution >= 0.6 is 12.2 Å². The SMILES string of the molecule is CC.CC.CC.CCCCOC(=O)C1CCc2cc(NC(=S)Nc3ccc(F)cc3)c(O)cc2NC1=O. The van der Waals surface area contributed by atoms with Crippen LogP contribution in [0.4, 0.5) is 21.5 Å². The molecule has 1 aliphatic rings. The number of unbranched alkanes of at least 4 members (excludes halogenated alkanes) is 1. The molecule has 0 fully saturated rings. The van der Waals surface area contributed by atoms with Gasteiger partial charge in [-0.1, -0.05) is 54.9 Å². The predicted molar refractivity (Wildman–Crippen MR) is 155 cm³/mol. The van der Waals surface area contributed by atoms with E-state index in [0.29, 0.717) is 36.5 Å². The fourth-order valence-corrected chi connectivity index (χ4v) is 3.40. The standard InChI is InChI=1S/C22H24FN3O4S.3C2H6/c1-2-3-10-30-21(29)16-9-4-13-11-18(19(27)12-17(13)25-20(16)28)26-22(31)24-15-7-5-14(23)6-8-15;3*1-2/h5-8,11-12,16,27H,2-4,9-10H2,1H3,(H,25,28)(H2,24,26,31);3*1-2H3. The largest absolute Gasteiger partial charge is 0.506 e. The summed E-state index contributed by atoms with van der Waals surface area (Å²) in [5, 5.41) is 19.1. The minimum absolute atomic E-state index is 0.119. The van der Waals surface area contributed by atoms with Gasteiger partial charge in [0.25, 0.3) is 0 Å². The molecule has 0 aliphatic carbocycles. The third kappa shape index (κ3) is 11.2. The van der Waals surface area contributed by atoms with Crippen molar-refractivity contribution in [3.63, 3.8) is 0 Å². The van der Waals surface area contributed by atoms with Gasteiger partial charge in [0.05, 0.1) is 12.3 Å². The van der Waals surface area contributed by atoms with Gasteiger partial charge in [0.15, 0.2) is 5.11 Å². The van der Waals surface area contributed by atoms with Crippen LogP contribution in [0.2, 0.25) is 0 Å². The molecule has 0 saturated heterocycles. The molecule has 2 aromatic rings. The Morgan fingerprint density at radius 3 is 2.32 bits per heavy atom. The first-order chi connectivity index (χ1) is 17.9. The first-order valence-electron chi connectivity index (χ1n) is 13.0. The highest BCUT2D eigenvalue weighted by Crippen LogP contribution is 2.34. The number of aryl methyl sites for hydroxylation is 1. The molecular formula is C28H42FN3O4S. The molecule has 4 N–H and O–H groups in total. The summed E-state index contributed by atoms with van der Waals surface area (Å²) in [6.07, 6.45) is 2.37. The van der Waals surface area contributed by atoms with E-state index in [1.165, 1.54) is 30.3 Å². The molecular weight excluding hydrogens is 493 g/mol. The molecule has 9 heteroatoms. The predicted octanol–water partition coefficient (Wildman–Crippen LogP) is 7.26. The lowest BCUT2D eigenvalue weighted by Gasteiger charge is -2.15. The van der Waals surface area contributed by atoms with Gasteiger partial charge in [0.1, 0.15) is 17.5 Å². The van der Waals surface area contributed by atoms with Crippen LogP contribution < -0.4 is 16.0 Å². The van der Waals surface area contributed by atoms with E-state index in [9.17, 15) is 19.1 Å².